The van der Waals surface area contributed by atoms with Gasteiger partial charge in [0.1, 0.15) is 0 Å². The zero-order valence-electron chi connectivity index (χ0n) is 8.58. The third-order valence-corrected chi connectivity index (χ3v) is 3.58. The van der Waals surface area contributed by atoms with E-state index in [2.05, 4.69) is 0 Å². The number of carbonyl (C=O) groups excluding carboxylic acids is 2. The number of hydrogen-bond donors (Lipinski definition) is 0. The number of carbonyl (C=O) groups is 2. The third-order valence-electron chi connectivity index (χ3n) is 2.22. The molecule has 0 spiro atoms. The number of thioether (sulfide) groups is 1. The van der Waals surface area contributed by atoms with Crippen molar-refractivity contribution in [3.05, 3.63) is 35.1 Å². The SMILES string of the molecule is O=C1CSC(=S)N1C(=O)c1ccc(F)c(F)c1F. The van der Waals surface area contributed by atoms with Crippen LogP contribution in [0.1, 0.15) is 10.4 Å². The Bertz CT molecular complexity index is 560. The molecule has 0 unspecified atom stereocenters. The van der Waals surface area contributed by atoms with Crippen molar-refractivity contribution < 1.29 is 22.8 Å². The minimum atomic E-state index is -1.76. The first kappa shape index (κ1) is 13.0. The van der Waals surface area contributed by atoms with Gasteiger partial charge in [-0.3, -0.25) is 9.59 Å². The lowest BCUT2D eigenvalue weighted by Crippen LogP contribution is -2.35. The van der Waals surface area contributed by atoms with Crippen LogP contribution in [-0.2, 0) is 4.79 Å². The van der Waals surface area contributed by atoms with E-state index in [-0.39, 0.29) is 10.1 Å². The highest BCUT2D eigenvalue weighted by Gasteiger charge is 2.35. The highest BCUT2D eigenvalue weighted by atomic mass is 32.2. The summed E-state index contributed by atoms with van der Waals surface area (Å²) in [5.74, 6) is -6.53. The van der Waals surface area contributed by atoms with E-state index < -0.39 is 34.8 Å². The second-order valence-corrected chi connectivity index (χ2v) is 4.92. The predicted octanol–water partition coefficient (Wildman–Crippen LogP) is 2.10. The summed E-state index contributed by atoms with van der Waals surface area (Å²) in [6.07, 6.45) is 0. The molecule has 2 rings (SSSR count). The molecule has 1 aliphatic heterocycles. The van der Waals surface area contributed by atoms with Gasteiger partial charge in [0, 0.05) is 0 Å². The smallest absolute Gasteiger partial charge is 0.269 e. The molecule has 3 nitrogen and oxygen atoms in total. The van der Waals surface area contributed by atoms with Crippen molar-refractivity contribution in [2.75, 3.05) is 5.75 Å². The summed E-state index contributed by atoms with van der Waals surface area (Å²) in [6, 6.07) is 1.39. The highest BCUT2D eigenvalue weighted by Crippen LogP contribution is 2.24. The second kappa shape index (κ2) is 4.69. The summed E-state index contributed by atoms with van der Waals surface area (Å²) < 4.78 is 39.1. The number of halogens is 3. The third kappa shape index (κ3) is 2.01. The van der Waals surface area contributed by atoms with Crippen LogP contribution >= 0.6 is 24.0 Å². The van der Waals surface area contributed by atoms with E-state index in [9.17, 15) is 22.8 Å². The van der Waals surface area contributed by atoms with Crippen molar-refractivity contribution in [2.45, 2.75) is 0 Å². The van der Waals surface area contributed by atoms with E-state index in [1.165, 1.54) is 0 Å². The van der Waals surface area contributed by atoms with Gasteiger partial charge in [-0.15, -0.1) is 0 Å². The minimum Gasteiger partial charge on any atom is -0.273 e. The maximum Gasteiger partial charge on any atom is 0.269 e. The average Bonchev–Trinajstić information content (AvgIpc) is 2.65. The normalized spacial score (nSPS) is 15.4. The van der Waals surface area contributed by atoms with E-state index in [0.29, 0.717) is 11.0 Å². The molecule has 0 bridgehead atoms. The Morgan fingerprint density at radius 1 is 1.28 bits per heavy atom. The summed E-state index contributed by atoms with van der Waals surface area (Å²) in [7, 11) is 0. The van der Waals surface area contributed by atoms with Gasteiger partial charge in [-0.05, 0) is 12.1 Å². The van der Waals surface area contributed by atoms with Gasteiger partial charge in [0.15, 0.2) is 21.8 Å². The largest absolute Gasteiger partial charge is 0.273 e. The van der Waals surface area contributed by atoms with Crippen molar-refractivity contribution >= 4 is 40.1 Å². The zero-order chi connectivity index (χ0) is 13.4. The first-order chi connectivity index (χ1) is 8.43. The average molecular weight is 291 g/mol. The Labute approximate surface area is 109 Å². The van der Waals surface area contributed by atoms with Crippen molar-refractivity contribution in [3.8, 4) is 0 Å². The number of amides is 2. The topological polar surface area (TPSA) is 37.4 Å². The van der Waals surface area contributed by atoms with Crippen LogP contribution < -0.4 is 0 Å². The van der Waals surface area contributed by atoms with Crippen molar-refractivity contribution in [1.82, 2.24) is 4.90 Å². The van der Waals surface area contributed by atoms with E-state index in [0.717, 1.165) is 17.8 Å². The fraction of sp³-hybridized carbons (Fsp3) is 0.100. The molecule has 0 radical (unpaired) electrons. The Morgan fingerprint density at radius 3 is 2.50 bits per heavy atom. The molecular weight excluding hydrogens is 287 g/mol. The first-order valence-electron chi connectivity index (χ1n) is 4.61. The maximum absolute atomic E-state index is 13.4. The summed E-state index contributed by atoms with van der Waals surface area (Å²) >= 11 is 5.70. The molecule has 94 valence electrons. The lowest BCUT2D eigenvalue weighted by molar-refractivity contribution is -0.122. The molecule has 0 saturated carbocycles. The molecule has 1 saturated heterocycles. The van der Waals surface area contributed by atoms with Gasteiger partial charge in [-0.1, -0.05) is 24.0 Å². The van der Waals surface area contributed by atoms with Gasteiger partial charge in [0.25, 0.3) is 5.91 Å². The molecule has 2 amide bonds. The molecule has 0 aromatic heterocycles. The van der Waals surface area contributed by atoms with Crippen LogP contribution in [0.5, 0.6) is 0 Å². The lowest BCUT2D eigenvalue weighted by Gasteiger charge is -2.13. The monoisotopic (exact) mass is 291 g/mol. The molecule has 8 heteroatoms. The number of rotatable bonds is 1. The van der Waals surface area contributed by atoms with Gasteiger partial charge in [0.2, 0.25) is 5.91 Å². The molecular formula is C10H4F3NO2S2. The Hall–Kier alpha value is -1.41. The molecule has 0 N–H and O–H groups in total. The number of nitrogens with zero attached hydrogens (tertiary/aromatic N) is 1. The molecule has 0 aliphatic carbocycles. The zero-order valence-corrected chi connectivity index (χ0v) is 10.2. The second-order valence-electron chi connectivity index (χ2n) is 3.31. The number of benzene rings is 1. The van der Waals surface area contributed by atoms with Crippen LogP contribution in [0.4, 0.5) is 13.2 Å². The number of thiocarbonyl (C=S) groups is 1. The molecule has 1 aromatic carbocycles. The van der Waals surface area contributed by atoms with Crippen LogP contribution in [0.15, 0.2) is 12.1 Å². The molecule has 18 heavy (non-hydrogen) atoms. The van der Waals surface area contributed by atoms with Gasteiger partial charge in [-0.2, -0.15) is 0 Å². The van der Waals surface area contributed by atoms with Crippen molar-refractivity contribution in [2.24, 2.45) is 0 Å². The number of hydrogen-bond acceptors (Lipinski definition) is 4. The van der Waals surface area contributed by atoms with E-state index in [1.807, 2.05) is 0 Å². The predicted molar refractivity (Wildman–Crippen MR) is 62.5 cm³/mol. The Morgan fingerprint density at radius 2 is 1.94 bits per heavy atom. The molecule has 1 aliphatic rings. The summed E-state index contributed by atoms with van der Waals surface area (Å²) in [5, 5.41) is 0. The van der Waals surface area contributed by atoms with Crippen LogP contribution in [0.3, 0.4) is 0 Å². The summed E-state index contributed by atoms with van der Waals surface area (Å²) in [6.45, 7) is 0. The fourth-order valence-electron chi connectivity index (χ4n) is 1.36. The quantitative estimate of drug-likeness (QED) is 0.451. The first-order valence-corrected chi connectivity index (χ1v) is 6.00. The van der Waals surface area contributed by atoms with Crippen LogP contribution in [0, 0.1) is 17.5 Å². The Kier molecular flexibility index (Phi) is 3.40. The van der Waals surface area contributed by atoms with Crippen LogP contribution in [-0.4, -0.2) is 26.8 Å². The van der Waals surface area contributed by atoms with Gasteiger partial charge in [0.05, 0.1) is 11.3 Å². The summed E-state index contributed by atoms with van der Waals surface area (Å²) in [5.41, 5.74) is -0.730. The van der Waals surface area contributed by atoms with Crippen LogP contribution in [0.2, 0.25) is 0 Å². The fourth-order valence-corrected chi connectivity index (χ4v) is 2.41. The van der Waals surface area contributed by atoms with Crippen LogP contribution in [0.25, 0.3) is 0 Å². The van der Waals surface area contributed by atoms with Gasteiger partial charge < -0.3 is 0 Å². The molecule has 1 aromatic rings. The standard InChI is InChI=1S/C10H4F3NO2S2/c11-5-2-1-4(7(12)8(5)13)9(16)14-6(15)3-18-10(14)17/h1-2H,3H2. The number of imide groups is 1. The maximum atomic E-state index is 13.4. The van der Waals surface area contributed by atoms with E-state index in [4.69, 9.17) is 12.2 Å². The molecule has 1 fully saturated rings. The van der Waals surface area contributed by atoms with Gasteiger partial charge >= 0.3 is 0 Å². The Balaban J connectivity index is 2.44. The van der Waals surface area contributed by atoms with E-state index >= 15 is 0 Å². The highest BCUT2D eigenvalue weighted by molar-refractivity contribution is 8.24. The lowest BCUT2D eigenvalue weighted by atomic mass is 10.1. The van der Waals surface area contributed by atoms with Crippen molar-refractivity contribution in [3.63, 3.8) is 0 Å². The molecule has 0 atom stereocenters. The van der Waals surface area contributed by atoms with Crippen molar-refractivity contribution in [1.29, 1.82) is 0 Å². The summed E-state index contributed by atoms with van der Waals surface area (Å²) in [4.78, 5) is 23.8. The van der Waals surface area contributed by atoms with E-state index in [1.54, 1.807) is 0 Å². The minimum absolute atomic E-state index is 0.0319. The van der Waals surface area contributed by atoms with Gasteiger partial charge in [-0.25, -0.2) is 18.1 Å². The molecule has 1 heterocycles.